The summed E-state index contributed by atoms with van der Waals surface area (Å²) in [4.78, 5) is 19.9. The van der Waals surface area contributed by atoms with Gasteiger partial charge in [-0.05, 0) is 53.5 Å². The van der Waals surface area contributed by atoms with Crippen LogP contribution in [0.3, 0.4) is 0 Å². The molecule has 6 nitrogen and oxygen atoms in total. The normalized spacial score (nSPS) is 19.5. The number of alkyl halides is 3. The number of nitrogens with one attached hydrogen (secondary N) is 2. The highest BCUT2D eigenvalue weighted by Crippen LogP contribution is 2.43. The molecule has 0 bridgehead atoms. The number of carbonyl (C=O) groups excluding carboxylic acids is 1. The monoisotopic (exact) mass is 462 g/mol. The van der Waals surface area contributed by atoms with Crippen LogP contribution >= 0.6 is 0 Å². The summed E-state index contributed by atoms with van der Waals surface area (Å²) in [6, 6.07) is 17.9. The molecular weight excluding hydrogens is 437 g/mol. The van der Waals surface area contributed by atoms with E-state index in [0.29, 0.717) is 12.0 Å². The predicted octanol–water partition coefficient (Wildman–Crippen LogP) is 4.36. The van der Waals surface area contributed by atoms with Crippen LogP contribution < -0.4 is 10.8 Å². The number of carbonyl (C=O) groups is 2. The van der Waals surface area contributed by atoms with Gasteiger partial charge in [0.15, 0.2) is 0 Å². The lowest BCUT2D eigenvalue weighted by Crippen LogP contribution is -2.21. The predicted molar refractivity (Wildman–Crippen MR) is 115 cm³/mol. The van der Waals surface area contributed by atoms with Crippen molar-refractivity contribution in [3.63, 3.8) is 0 Å². The van der Waals surface area contributed by atoms with E-state index in [4.69, 9.17) is 15.1 Å². The molecule has 0 aromatic heterocycles. The largest absolute Gasteiger partial charge is 0.490 e. The zero-order valence-electron chi connectivity index (χ0n) is 17.7. The molecule has 4 rings (SSSR count). The number of amides is 1. The van der Waals surface area contributed by atoms with Gasteiger partial charge in [0.2, 0.25) is 0 Å². The molecule has 0 heterocycles. The lowest BCUT2D eigenvalue weighted by Gasteiger charge is -2.06. The Morgan fingerprint density at radius 3 is 2.09 bits per heavy atom. The quantitative estimate of drug-likeness (QED) is 0.278. The molecule has 2 atom stereocenters. The molecule has 2 aromatic rings. The Morgan fingerprint density at radius 2 is 1.58 bits per heavy atom. The third-order valence-electron chi connectivity index (χ3n) is 5.53. The standard InChI is InChI=1S/C22H24N2O2.C2HF3O2/c25-22(24-26)12-5-15-1-3-16(4-2-15)14-23-21-13-20(21)19-10-8-18(9-11-19)17-6-7-17;3-2(4,5)1(6)7/h1-5,8-12,17,20-21,23,26H,6-7,13-14H2,(H,24,25);(H,6,7)/b12-5+;. The Kier molecular flexibility index (Phi) is 7.88. The van der Waals surface area contributed by atoms with Gasteiger partial charge in [0, 0.05) is 24.6 Å². The number of halogens is 3. The highest BCUT2D eigenvalue weighted by atomic mass is 19.4. The molecule has 0 saturated heterocycles. The number of hydrogen-bond acceptors (Lipinski definition) is 4. The third kappa shape index (κ3) is 7.73. The van der Waals surface area contributed by atoms with E-state index in [1.807, 2.05) is 12.1 Å². The molecule has 2 unspecified atom stereocenters. The highest BCUT2D eigenvalue weighted by molar-refractivity contribution is 5.90. The zero-order valence-corrected chi connectivity index (χ0v) is 17.7. The SMILES string of the molecule is O=C(/C=C/c1ccc(CNC2CC2c2ccc(C3CC3)cc2)cc1)NO.O=C(O)C(F)(F)F. The zero-order chi connectivity index (χ0) is 24.0. The van der Waals surface area contributed by atoms with Crippen LogP contribution in [0.4, 0.5) is 13.2 Å². The van der Waals surface area contributed by atoms with Gasteiger partial charge in [-0.3, -0.25) is 10.0 Å². The van der Waals surface area contributed by atoms with Crippen molar-refractivity contribution in [1.29, 1.82) is 0 Å². The van der Waals surface area contributed by atoms with E-state index in [-0.39, 0.29) is 0 Å². The molecule has 33 heavy (non-hydrogen) atoms. The molecule has 2 saturated carbocycles. The third-order valence-corrected chi connectivity index (χ3v) is 5.53. The molecule has 2 aliphatic rings. The Bertz CT molecular complexity index is 984. The summed E-state index contributed by atoms with van der Waals surface area (Å²) in [6.07, 6.45) is 1.81. The molecule has 0 radical (unpaired) electrons. The first-order valence-corrected chi connectivity index (χ1v) is 10.5. The smallest absolute Gasteiger partial charge is 0.475 e. The molecule has 9 heteroatoms. The molecule has 0 aliphatic heterocycles. The number of hydrogen-bond donors (Lipinski definition) is 4. The van der Waals surface area contributed by atoms with Crippen LogP contribution in [0.2, 0.25) is 0 Å². The Balaban J connectivity index is 0.000000383. The van der Waals surface area contributed by atoms with Crippen molar-refractivity contribution in [2.75, 3.05) is 0 Å². The first kappa shape index (κ1) is 24.5. The Labute approximate surface area is 189 Å². The van der Waals surface area contributed by atoms with Crippen molar-refractivity contribution in [1.82, 2.24) is 10.8 Å². The van der Waals surface area contributed by atoms with Crippen molar-refractivity contribution in [2.24, 2.45) is 0 Å². The molecule has 2 aromatic carbocycles. The topological polar surface area (TPSA) is 98.7 Å². The summed E-state index contributed by atoms with van der Waals surface area (Å²) in [5, 5.41) is 19.2. The van der Waals surface area contributed by atoms with E-state index in [2.05, 4.69) is 41.7 Å². The maximum Gasteiger partial charge on any atom is 0.490 e. The Hall–Kier alpha value is -3.17. The van der Waals surface area contributed by atoms with Gasteiger partial charge in [-0.15, -0.1) is 0 Å². The molecule has 4 N–H and O–H groups in total. The van der Waals surface area contributed by atoms with Crippen molar-refractivity contribution in [2.45, 2.75) is 49.9 Å². The average Bonchev–Trinajstić information content (AvgIpc) is 3.71. The Morgan fingerprint density at radius 1 is 1.00 bits per heavy atom. The van der Waals surface area contributed by atoms with Gasteiger partial charge in [-0.1, -0.05) is 48.5 Å². The van der Waals surface area contributed by atoms with Gasteiger partial charge in [0.05, 0.1) is 0 Å². The molecular formula is C24H25F3N2O4. The van der Waals surface area contributed by atoms with Crippen LogP contribution in [0.1, 0.15) is 53.4 Å². The van der Waals surface area contributed by atoms with E-state index >= 15 is 0 Å². The summed E-state index contributed by atoms with van der Waals surface area (Å²) >= 11 is 0. The van der Waals surface area contributed by atoms with Crippen LogP contribution in [0.15, 0.2) is 54.6 Å². The van der Waals surface area contributed by atoms with Crippen LogP contribution in [-0.2, 0) is 16.1 Å². The van der Waals surface area contributed by atoms with Gasteiger partial charge in [-0.25, -0.2) is 10.3 Å². The second kappa shape index (κ2) is 10.6. The molecule has 2 fully saturated rings. The fourth-order valence-corrected chi connectivity index (χ4v) is 3.43. The average molecular weight is 462 g/mol. The minimum absolute atomic E-state index is 0.527. The van der Waals surface area contributed by atoms with E-state index in [1.54, 1.807) is 11.6 Å². The van der Waals surface area contributed by atoms with Gasteiger partial charge in [-0.2, -0.15) is 13.2 Å². The van der Waals surface area contributed by atoms with Crippen molar-refractivity contribution in [3.05, 3.63) is 76.9 Å². The van der Waals surface area contributed by atoms with E-state index in [0.717, 1.165) is 18.0 Å². The van der Waals surface area contributed by atoms with Gasteiger partial charge < -0.3 is 10.4 Å². The molecule has 176 valence electrons. The first-order valence-electron chi connectivity index (χ1n) is 10.5. The number of rotatable bonds is 7. The number of aliphatic carboxylic acids is 1. The van der Waals surface area contributed by atoms with Gasteiger partial charge in [0.25, 0.3) is 5.91 Å². The maximum atomic E-state index is 11.0. The fourth-order valence-electron chi connectivity index (χ4n) is 3.43. The second-order valence-electron chi connectivity index (χ2n) is 8.12. The highest BCUT2D eigenvalue weighted by Gasteiger charge is 2.38. The number of carboxylic acid groups (broad SMARTS) is 1. The van der Waals surface area contributed by atoms with Crippen LogP contribution in [0.25, 0.3) is 6.08 Å². The van der Waals surface area contributed by atoms with Gasteiger partial charge in [0.1, 0.15) is 0 Å². The summed E-state index contributed by atoms with van der Waals surface area (Å²) in [5.41, 5.74) is 6.69. The van der Waals surface area contributed by atoms with E-state index < -0.39 is 18.1 Å². The van der Waals surface area contributed by atoms with Crippen molar-refractivity contribution >= 4 is 18.0 Å². The molecule has 0 spiro atoms. The number of hydroxylamine groups is 1. The summed E-state index contributed by atoms with van der Waals surface area (Å²) in [7, 11) is 0. The van der Waals surface area contributed by atoms with Crippen LogP contribution in [0, 0.1) is 0 Å². The summed E-state index contributed by atoms with van der Waals surface area (Å²) in [6.45, 7) is 0.850. The van der Waals surface area contributed by atoms with E-state index in [1.165, 1.54) is 42.0 Å². The van der Waals surface area contributed by atoms with Crippen molar-refractivity contribution in [3.8, 4) is 0 Å². The molecule has 1 amide bonds. The lowest BCUT2D eigenvalue weighted by atomic mass is 10.1. The molecule has 2 aliphatic carbocycles. The lowest BCUT2D eigenvalue weighted by molar-refractivity contribution is -0.192. The van der Waals surface area contributed by atoms with Gasteiger partial charge >= 0.3 is 12.1 Å². The first-order chi connectivity index (χ1) is 15.7. The van der Waals surface area contributed by atoms with Crippen molar-refractivity contribution < 1.29 is 33.1 Å². The minimum Gasteiger partial charge on any atom is -0.475 e. The van der Waals surface area contributed by atoms with E-state index in [9.17, 15) is 18.0 Å². The summed E-state index contributed by atoms with van der Waals surface area (Å²) in [5.74, 6) is -1.82. The maximum absolute atomic E-state index is 11.0. The minimum atomic E-state index is -5.08. The number of benzene rings is 2. The number of carboxylic acids is 1. The summed E-state index contributed by atoms with van der Waals surface area (Å²) < 4.78 is 31.7. The van der Waals surface area contributed by atoms with Crippen LogP contribution in [-0.4, -0.2) is 34.4 Å². The van der Waals surface area contributed by atoms with Crippen LogP contribution in [0.5, 0.6) is 0 Å². The second-order valence-corrected chi connectivity index (χ2v) is 8.12. The fraction of sp³-hybridized carbons (Fsp3) is 0.333.